The standard InChI is InChI=1S/C57H72N2O7/c1-6-47-41-51(27-29-53(47)50-25-23-48(24-26-50)49(32-39-65-56(60)43(2)3)33-40-66-57(61)44(4)5)63-36-15-8-7-11-17-45-19-21-46(22-20-45)31-38-62-35-14-9-10-16-37-64-52-28-30-55(59-42-52)54-18-12-13-34-58-54/h12-13,18-30,34,41-42,44,49H,2,6-11,14-17,31-33,35-40H2,1,3-5H3. The second kappa shape index (κ2) is 29.0. The molecule has 1 atom stereocenters. The molecule has 2 aromatic heterocycles. The van der Waals surface area contributed by atoms with Crippen LogP contribution < -0.4 is 9.47 Å². The first kappa shape index (κ1) is 51.2. The van der Waals surface area contributed by atoms with Gasteiger partial charge in [0.2, 0.25) is 0 Å². The normalized spacial score (nSPS) is 11.6. The Kier molecular flexibility index (Phi) is 22.5. The number of aryl methyl sites for hydroxylation is 2. The summed E-state index contributed by atoms with van der Waals surface area (Å²) in [6, 6.07) is 33.7. The summed E-state index contributed by atoms with van der Waals surface area (Å²) in [6.45, 7) is 14.7. The first-order valence-corrected chi connectivity index (χ1v) is 24.2. The molecule has 9 nitrogen and oxygen atoms in total. The third-order valence-corrected chi connectivity index (χ3v) is 11.7. The maximum absolute atomic E-state index is 12.1. The van der Waals surface area contributed by atoms with Crippen molar-refractivity contribution in [3.05, 3.63) is 144 Å². The van der Waals surface area contributed by atoms with Crippen molar-refractivity contribution < 1.29 is 33.3 Å². The zero-order valence-corrected chi connectivity index (χ0v) is 39.9. The van der Waals surface area contributed by atoms with Crippen LogP contribution in [0.2, 0.25) is 0 Å². The van der Waals surface area contributed by atoms with Crippen LogP contribution >= 0.6 is 0 Å². The van der Waals surface area contributed by atoms with Crippen LogP contribution in [-0.2, 0) is 43.1 Å². The Bertz CT molecular complexity index is 2170. The summed E-state index contributed by atoms with van der Waals surface area (Å²) < 4.78 is 28.9. The van der Waals surface area contributed by atoms with Gasteiger partial charge in [0.25, 0.3) is 0 Å². The van der Waals surface area contributed by atoms with Gasteiger partial charge in [-0.2, -0.15) is 0 Å². The number of carbonyl (C=O) groups excluding carboxylic acids is 2. The molecule has 0 amide bonds. The Hall–Kier alpha value is -5.80. The summed E-state index contributed by atoms with van der Waals surface area (Å²) in [5.74, 6) is 1.00. The summed E-state index contributed by atoms with van der Waals surface area (Å²) in [5.41, 5.74) is 9.50. The second-order valence-corrected chi connectivity index (χ2v) is 17.4. The number of hydrogen-bond donors (Lipinski definition) is 0. The van der Waals surface area contributed by atoms with E-state index in [1.165, 1.54) is 35.1 Å². The van der Waals surface area contributed by atoms with Crippen LogP contribution in [0.3, 0.4) is 0 Å². The van der Waals surface area contributed by atoms with Gasteiger partial charge in [0.15, 0.2) is 0 Å². The fourth-order valence-electron chi connectivity index (χ4n) is 7.65. The van der Waals surface area contributed by atoms with Gasteiger partial charge in [0.1, 0.15) is 11.5 Å². The molecule has 5 aromatic rings. The zero-order valence-electron chi connectivity index (χ0n) is 39.9. The lowest BCUT2D eigenvalue weighted by Gasteiger charge is -2.19. The fourth-order valence-corrected chi connectivity index (χ4v) is 7.65. The minimum Gasteiger partial charge on any atom is -0.494 e. The van der Waals surface area contributed by atoms with E-state index >= 15 is 0 Å². The average Bonchev–Trinajstić information content (AvgIpc) is 3.34. The molecule has 3 aromatic carbocycles. The van der Waals surface area contributed by atoms with Crippen molar-refractivity contribution in [3.63, 3.8) is 0 Å². The number of rotatable bonds is 31. The number of pyridine rings is 2. The van der Waals surface area contributed by atoms with E-state index < -0.39 is 5.97 Å². The number of aromatic nitrogens is 2. The largest absolute Gasteiger partial charge is 0.494 e. The number of nitrogens with zero attached hydrogens (tertiary/aromatic N) is 2. The molecule has 0 fully saturated rings. The van der Waals surface area contributed by atoms with Gasteiger partial charge in [-0.1, -0.05) is 107 Å². The van der Waals surface area contributed by atoms with Gasteiger partial charge < -0.3 is 23.7 Å². The first-order valence-electron chi connectivity index (χ1n) is 24.2. The third kappa shape index (κ3) is 18.2. The fraction of sp³-hybridized carbons (Fsp3) is 0.439. The van der Waals surface area contributed by atoms with Gasteiger partial charge in [-0.15, -0.1) is 0 Å². The molecule has 0 saturated carbocycles. The van der Waals surface area contributed by atoms with E-state index in [0.29, 0.717) is 38.2 Å². The highest BCUT2D eigenvalue weighted by molar-refractivity contribution is 5.86. The highest BCUT2D eigenvalue weighted by atomic mass is 16.5. The lowest BCUT2D eigenvalue weighted by Crippen LogP contribution is -2.15. The molecule has 0 aliphatic heterocycles. The number of benzene rings is 3. The Morgan fingerprint density at radius 3 is 1.89 bits per heavy atom. The van der Waals surface area contributed by atoms with E-state index in [1.54, 1.807) is 19.3 Å². The number of carbonyl (C=O) groups is 2. The van der Waals surface area contributed by atoms with Crippen molar-refractivity contribution in [1.29, 1.82) is 0 Å². The topological polar surface area (TPSA) is 106 Å². The number of ether oxygens (including phenoxy) is 5. The van der Waals surface area contributed by atoms with Crippen molar-refractivity contribution in [2.75, 3.05) is 39.6 Å². The van der Waals surface area contributed by atoms with Crippen LogP contribution in [0.5, 0.6) is 11.5 Å². The van der Waals surface area contributed by atoms with E-state index in [9.17, 15) is 9.59 Å². The van der Waals surface area contributed by atoms with E-state index in [-0.39, 0.29) is 24.4 Å². The molecule has 0 aliphatic carbocycles. The van der Waals surface area contributed by atoms with Crippen molar-refractivity contribution in [1.82, 2.24) is 9.97 Å². The maximum atomic E-state index is 12.1. The summed E-state index contributed by atoms with van der Waals surface area (Å²) in [6.07, 6.45) is 16.6. The van der Waals surface area contributed by atoms with Crippen LogP contribution in [0.1, 0.15) is 120 Å². The smallest absolute Gasteiger partial charge is 0.333 e. The predicted molar refractivity (Wildman–Crippen MR) is 265 cm³/mol. The highest BCUT2D eigenvalue weighted by Crippen LogP contribution is 2.31. The number of unbranched alkanes of at least 4 members (excludes halogenated alkanes) is 6. The van der Waals surface area contributed by atoms with Gasteiger partial charge in [-0.25, -0.2) is 4.79 Å². The Morgan fingerprint density at radius 1 is 0.621 bits per heavy atom. The molecule has 66 heavy (non-hydrogen) atoms. The molecule has 0 N–H and O–H groups in total. The maximum Gasteiger partial charge on any atom is 0.333 e. The Labute approximate surface area is 394 Å². The van der Waals surface area contributed by atoms with Crippen molar-refractivity contribution in [2.24, 2.45) is 5.92 Å². The predicted octanol–water partition coefficient (Wildman–Crippen LogP) is 12.9. The molecular weight excluding hydrogens is 825 g/mol. The van der Waals surface area contributed by atoms with Gasteiger partial charge in [0, 0.05) is 18.4 Å². The summed E-state index contributed by atoms with van der Waals surface area (Å²) in [4.78, 5) is 32.9. The molecule has 0 saturated heterocycles. The summed E-state index contributed by atoms with van der Waals surface area (Å²) >= 11 is 0. The monoisotopic (exact) mass is 897 g/mol. The molecule has 9 heteroatoms. The molecule has 5 rings (SSSR count). The van der Waals surface area contributed by atoms with Gasteiger partial charge >= 0.3 is 11.9 Å². The molecule has 0 aliphatic rings. The minimum atomic E-state index is -0.391. The average molecular weight is 897 g/mol. The van der Waals surface area contributed by atoms with Crippen LogP contribution in [-0.4, -0.2) is 61.5 Å². The molecule has 2 heterocycles. The quantitative estimate of drug-likeness (QED) is 0.0244. The second-order valence-electron chi connectivity index (χ2n) is 17.4. The lowest BCUT2D eigenvalue weighted by molar-refractivity contribution is -0.147. The Morgan fingerprint density at radius 2 is 1.26 bits per heavy atom. The lowest BCUT2D eigenvalue weighted by atomic mass is 9.90. The van der Waals surface area contributed by atoms with Gasteiger partial charge in [0.05, 0.1) is 56.5 Å². The summed E-state index contributed by atoms with van der Waals surface area (Å²) in [7, 11) is 0. The zero-order chi connectivity index (χ0) is 46.8. The molecular formula is C57H72N2O7. The van der Waals surface area contributed by atoms with Crippen LogP contribution in [0.25, 0.3) is 22.5 Å². The van der Waals surface area contributed by atoms with Crippen LogP contribution in [0.15, 0.2) is 122 Å². The highest BCUT2D eigenvalue weighted by Gasteiger charge is 2.17. The molecule has 352 valence electrons. The Balaban J connectivity index is 0.909. The molecule has 0 spiro atoms. The van der Waals surface area contributed by atoms with Crippen LogP contribution in [0.4, 0.5) is 0 Å². The van der Waals surface area contributed by atoms with Crippen molar-refractivity contribution in [2.45, 2.75) is 117 Å². The van der Waals surface area contributed by atoms with E-state index in [1.807, 2.05) is 44.2 Å². The van der Waals surface area contributed by atoms with E-state index in [2.05, 4.69) is 90.2 Å². The van der Waals surface area contributed by atoms with Gasteiger partial charge in [-0.05, 0) is 147 Å². The third-order valence-electron chi connectivity index (χ3n) is 11.7. The van der Waals surface area contributed by atoms with Gasteiger partial charge in [-0.3, -0.25) is 14.8 Å². The molecule has 0 bridgehead atoms. The van der Waals surface area contributed by atoms with Crippen molar-refractivity contribution >= 4 is 11.9 Å². The minimum absolute atomic E-state index is 0.0695. The first-order chi connectivity index (χ1) is 32.2. The molecule has 0 radical (unpaired) electrons. The van der Waals surface area contributed by atoms with Crippen LogP contribution in [0, 0.1) is 5.92 Å². The number of esters is 2. The SMILES string of the molecule is C=C(C)C(=O)OCCC(CCOC(=O)C(C)C)c1ccc(-c2ccc(OCCCCCCc3ccc(CCOCCCCCCOc4ccc(-c5ccccn5)nc4)cc3)cc2CC)cc1. The van der Waals surface area contributed by atoms with E-state index in [4.69, 9.17) is 23.7 Å². The number of hydrogen-bond acceptors (Lipinski definition) is 9. The van der Waals surface area contributed by atoms with Crippen molar-refractivity contribution in [3.8, 4) is 34.0 Å². The summed E-state index contributed by atoms with van der Waals surface area (Å²) in [5, 5.41) is 0. The van der Waals surface area contributed by atoms with E-state index in [0.717, 1.165) is 105 Å². The molecule has 1 unspecified atom stereocenters.